The number of aromatic hydroxyl groups is 2. The van der Waals surface area contributed by atoms with Crippen molar-refractivity contribution in [1.29, 1.82) is 0 Å². The maximum Gasteiger partial charge on any atom is 0.278 e. The van der Waals surface area contributed by atoms with Crippen LogP contribution < -0.4 is 10.1 Å². The number of phenols is 2. The van der Waals surface area contributed by atoms with E-state index in [4.69, 9.17) is 39.6 Å². The van der Waals surface area contributed by atoms with Crippen LogP contribution in [0.1, 0.15) is 22.8 Å². The summed E-state index contributed by atoms with van der Waals surface area (Å²) in [5, 5.41) is 29.9. The molecule has 1 spiro atoms. The van der Waals surface area contributed by atoms with E-state index in [1.54, 1.807) is 0 Å². The normalized spacial score (nSPS) is 32.0. The molecule has 0 aliphatic carbocycles. The summed E-state index contributed by atoms with van der Waals surface area (Å²) in [6, 6.07) is 9.45. The average molecular weight is 584 g/mol. The number of aryl methyl sites for hydroxylation is 2. The lowest BCUT2D eigenvalue weighted by molar-refractivity contribution is -0.338. The summed E-state index contributed by atoms with van der Waals surface area (Å²) in [4.78, 5) is 0. The van der Waals surface area contributed by atoms with E-state index in [1.165, 1.54) is 0 Å². The van der Waals surface area contributed by atoms with E-state index in [1.807, 2.05) is 51.2 Å². The first-order chi connectivity index (χ1) is 20.8. The predicted molar refractivity (Wildman–Crippen MR) is 155 cm³/mol. The molecule has 10 nitrogen and oxygen atoms in total. The van der Waals surface area contributed by atoms with Crippen LogP contribution in [0, 0.1) is 26.2 Å². The Hall–Kier alpha value is -3.82. The molecule has 5 atom stereocenters. The van der Waals surface area contributed by atoms with Gasteiger partial charge in [0.05, 0.1) is 19.8 Å². The third-order valence-electron chi connectivity index (χ3n) is 9.86. The number of phenolic OH excluding ortho intramolecular Hbond substituents is 2. The molecule has 2 bridgehead atoms. The van der Waals surface area contributed by atoms with Crippen LogP contribution in [-0.4, -0.2) is 73.3 Å². The van der Waals surface area contributed by atoms with Gasteiger partial charge in [0.1, 0.15) is 30.0 Å². The maximum absolute atomic E-state index is 11.7. The van der Waals surface area contributed by atoms with Gasteiger partial charge in [-0.15, -0.1) is 6.42 Å². The molecule has 3 N–H and O–H groups in total. The topological polar surface area (TPSA) is 120 Å². The number of fused-ring (bicyclic) bond motifs is 9. The fourth-order valence-electron chi connectivity index (χ4n) is 7.89. The minimum Gasteiger partial charge on any atom is -0.507 e. The number of hydrogen-bond donors (Lipinski definition) is 3. The number of terminal acetylenes is 1. The SMILES string of the molecule is C#CCOC12Oc3c(c(C)cc4cc5c(O)c6ccc(NC)c(C)c6c(O)c5cc34)[C@H]3OC(C4OCCO4)(OC31)C21CO1. The molecule has 43 heavy (non-hydrogen) atoms. The van der Waals surface area contributed by atoms with Crippen molar-refractivity contribution in [3.8, 4) is 29.6 Å². The second-order valence-electron chi connectivity index (χ2n) is 11.9. The van der Waals surface area contributed by atoms with Gasteiger partial charge in [-0.2, -0.15) is 0 Å². The molecular weight excluding hydrogens is 554 g/mol. The van der Waals surface area contributed by atoms with Crippen LogP contribution >= 0.6 is 0 Å². The quantitative estimate of drug-likeness (QED) is 0.139. The second kappa shape index (κ2) is 8.21. The molecule has 4 unspecified atom stereocenters. The average Bonchev–Trinajstić information content (AvgIpc) is 3.34. The van der Waals surface area contributed by atoms with E-state index < -0.39 is 35.7 Å². The van der Waals surface area contributed by atoms with E-state index in [0.717, 1.165) is 27.8 Å². The predicted octanol–water partition coefficient (Wildman–Crippen LogP) is 4.26. The van der Waals surface area contributed by atoms with Crippen LogP contribution in [0.2, 0.25) is 0 Å². The van der Waals surface area contributed by atoms with Gasteiger partial charge in [-0.3, -0.25) is 0 Å². The Morgan fingerprint density at radius 3 is 2.51 bits per heavy atom. The number of anilines is 1. The molecule has 220 valence electrons. The summed E-state index contributed by atoms with van der Waals surface area (Å²) in [6.07, 6.45) is 3.54. The van der Waals surface area contributed by atoms with Crippen molar-refractivity contribution in [2.24, 2.45) is 0 Å². The first kappa shape index (κ1) is 25.7. The van der Waals surface area contributed by atoms with Crippen molar-refractivity contribution in [1.82, 2.24) is 0 Å². The van der Waals surface area contributed by atoms with Crippen LogP contribution in [0.4, 0.5) is 5.69 Å². The molecule has 4 fully saturated rings. The summed E-state index contributed by atoms with van der Waals surface area (Å²) in [5.74, 6) is 0.411. The lowest BCUT2D eigenvalue weighted by atomic mass is 9.79. The monoisotopic (exact) mass is 583 g/mol. The lowest BCUT2D eigenvalue weighted by Gasteiger charge is -2.49. The van der Waals surface area contributed by atoms with Gasteiger partial charge in [-0.1, -0.05) is 12.0 Å². The van der Waals surface area contributed by atoms with Crippen molar-refractivity contribution in [2.75, 3.05) is 38.8 Å². The number of rotatable bonds is 4. The van der Waals surface area contributed by atoms with Crippen LogP contribution in [-0.2, 0) is 28.4 Å². The zero-order chi connectivity index (χ0) is 29.5. The van der Waals surface area contributed by atoms with E-state index in [2.05, 4.69) is 11.2 Å². The summed E-state index contributed by atoms with van der Waals surface area (Å²) < 4.78 is 44.7. The van der Waals surface area contributed by atoms with Gasteiger partial charge >= 0.3 is 0 Å². The zero-order valence-corrected chi connectivity index (χ0v) is 23.8. The van der Waals surface area contributed by atoms with E-state index in [9.17, 15) is 10.2 Å². The highest BCUT2D eigenvalue weighted by molar-refractivity contribution is 6.16. The van der Waals surface area contributed by atoms with Crippen LogP contribution in [0.15, 0.2) is 30.3 Å². The van der Waals surface area contributed by atoms with Gasteiger partial charge < -0.3 is 48.7 Å². The highest BCUT2D eigenvalue weighted by Crippen LogP contribution is 2.72. The third kappa shape index (κ3) is 2.82. The standard InChI is InChI=1S/C33H29NO9/c1-5-8-39-32-29-28(42-33(43-29,31(32)14-40-31)30-37-9-10-38-30)23-15(2)11-17-12-20-21(13-19(17)27(23)41-32)26(36)24-16(3)22(34-4)7-6-18(24)25(20)35/h1,6-7,11-13,28-30,34-36H,8-10,14H2,2-4H3/t28-,29?,31?,32?,33?/m1/s1. The third-order valence-corrected chi connectivity index (χ3v) is 9.86. The molecule has 0 saturated carbocycles. The van der Waals surface area contributed by atoms with Crippen LogP contribution in [0.3, 0.4) is 0 Å². The number of benzene rings is 4. The van der Waals surface area contributed by atoms with E-state index >= 15 is 0 Å². The molecular formula is C33H29NO9. The molecule has 0 radical (unpaired) electrons. The summed E-state index contributed by atoms with van der Waals surface area (Å²) in [5.41, 5.74) is 2.21. The number of epoxide rings is 1. The van der Waals surface area contributed by atoms with E-state index in [-0.39, 0.29) is 24.7 Å². The Labute approximate surface area is 246 Å². The van der Waals surface area contributed by atoms with Crippen LogP contribution in [0.25, 0.3) is 32.3 Å². The number of ether oxygens (including phenoxy) is 7. The lowest BCUT2D eigenvalue weighted by Crippen LogP contribution is -2.70. The van der Waals surface area contributed by atoms with Gasteiger partial charge in [-0.25, -0.2) is 0 Å². The van der Waals surface area contributed by atoms with Crippen molar-refractivity contribution in [2.45, 2.75) is 49.5 Å². The molecule has 4 aromatic carbocycles. The number of nitrogens with one attached hydrogen (secondary N) is 1. The molecule has 0 aromatic heterocycles. The maximum atomic E-state index is 11.7. The van der Waals surface area contributed by atoms with Gasteiger partial charge in [0.25, 0.3) is 11.6 Å². The number of hydrogen-bond acceptors (Lipinski definition) is 10. The van der Waals surface area contributed by atoms with E-state index in [0.29, 0.717) is 45.9 Å². The fraction of sp³-hybridized carbons (Fsp3) is 0.394. The molecule has 10 heteroatoms. The Morgan fingerprint density at radius 1 is 1.02 bits per heavy atom. The molecule has 4 aromatic rings. The summed E-state index contributed by atoms with van der Waals surface area (Å²) in [7, 11) is 1.82. The Bertz CT molecular complexity index is 1960. The Morgan fingerprint density at radius 2 is 1.79 bits per heavy atom. The summed E-state index contributed by atoms with van der Waals surface area (Å²) in [6.45, 7) is 4.88. The molecule has 5 heterocycles. The van der Waals surface area contributed by atoms with Crippen molar-refractivity contribution in [3.05, 3.63) is 47.0 Å². The van der Waals surface area contributed by atoms with Crippen molar-refractivity contribution >= 4 is 38.0 Å². The highest BCUT2D eigenvalue weighted by atomic mass is 16.9. The molecule has 9 rings (SSSR count). The Kier molecular flexibility index (Phi) is 4.90. The van der Waals surface area contributed by atoms with Gasteiger partial charge in [-0.05, 0) is 54.6 Å². The molecule has 5 aliphatic rings. The fourth-order valence-corrected chi connectivity index (χ4v) is 7.89. The zero-order valence-electron chi connectivity index (χ0n) is 23.8. The van der Waals surface area contributed by atoms with Crippen LogP contribution in [0.5, 0.6) is 17.2 Å². The second-order valence-corrected chi connectivity index (χ2v) is 11.9. The van der Waals surface area contributed by atoms with Gasteiger partial charge in [0.2, 0.25) is 11.9 Å². The highest BCUT2D eigenvalue weighted by Gasteiger charge is 2.93. The minimum atomic E-state index is -1.44. The summed E-state index contributed by atoms with van der Waals surface area (Å²) >= 11 is 0. The first-order valence-corrected chi connectivity index (χ1v) is 14.4. The van der Waals surface area contributed by atoms with Crippen molar-refractivity contribution < 1.29 is 43.4 Å². The first-order valence-electron chi connectivity index (χ1n) is 14.4. The Balaban J connectivity index is 1.32. The smallest absolute Gasteiger partial charge is 0.278 e. The molecule has 5 aliphatic heterocycles. The largest absolute Gasteiger partial charge is 0.507 e. The minimum absolute atomic E-state index is 0.0457. The van der Waals surface area contributed by atoms with Gasteiger partial charge in [0, 0.05) is 45.2 Å². The molecule has 0 amide bonds. The van der Waals surface area contributed by atoms with Gasteiger partial charge in [0.15, 0.2) is 6.10 Å². The van der Waals surface area contributed by atoms with Crippen molar-refractivity contribution in [3.63, 3.8) is 0 Å². The molecule has 4 saturated heterocycles.